The Balaban J connectivity index is 1.71. The highest BCUT2D eigenvalue weighted by atomic mass is 16.5. The largest absolute Gasteiger partial charge is 0.377 e. The number of aromatic nitrogens is 2. The van der Waals surface area contributed by atoms with Gasteiger partial charge in [-0.2, -0.15) is 4.98 Å². The molecule has 2 aliphatic rings. The lowest BCUT2D eigenvalue weighted by Crippen LogP contribution is -2.37. The minimum atomic E-state index is 0.249. The summed E-state index contributed by atoms with van der Waals surface area (Å²) in [5, 5.41) is 4.03. The second-order valence-corrected chi connectivity index (χ2v) is 6.20. The zero-order valence-electron chi connectivity index (χ0n) is 12.6. The van der Waals surface area contributed by atoms with Gasteiger partial charge in [0.1, 0.15) is 0 Å². The van der Waals surface area contributed by atoms with E-state index in [1.165, 1.54) is 12.8 Å². The highest BCUT2D eigenvalue weighted by molar-refractivity contribution is 5.24. The first-order valence-corrected chi connectivity index (χ1v) is 7.46. The van der Waals surface area contributed by atoms with Crippen LogP contribution < -0.4 is 4.90 Å². The molecule has 2 atom stereocenters. The van der Waals surface area contributed by atoms with Crippen molar-refractivity contribution >= 4 is 5.95 Å². The van der Waals surface area contributed by atoms with Crippen LogP contribution >= 0.6 is 0 Å². The molecule has 3 heterocycles. The Hall–Kier alpha value is -1.14. The first-order valence-electron chi connectivity index (χ1n) is 7.46. The van der Waals surface area contributed by atoms with Crippen LogP contribution in [0, 0.1) is 5.92 Å². The van der Waals surface area contributed by atoms with Crippen molar-refractivity contribution in [3.05, 3.63) is 5.89 Å². The fourth-order valence-electron chi connectivity index (χ4n) is 3.26. The van der Waals surface area contributed by atoms with Gasteiger partial charge in [0.25, 0.3) is 5.95 Å². The predicted octanol–water partition coefficient (Wildman–Crippen LogP) is 1.35. The third-order valence-corrected chi connectivity index (χ3v) is 4.51. The van der Waals surface area contributed by atoms with Crippen LogP contribution in [0.2, 0.25) is 0 Å². The minimum Gasteiger partial charge on any atom is -0.377 e. The number of anilines is 1. The van der Waals surface area contributed by atoms with Crippen LogP contribution in [0.15, 0.2) is 4.52 Å². The summed E-state index contributed by atoms with van der Waals surface area (Å²) in [7, 11) is 6.03. The van der Waals surface area contributed by atoms with Crippen LogP contribution in [-0.2, 0) is 4.74 Å². The average Bonchev–Trinajstić information content (AvgIpc) is 3.08. The molecule has 0 bridgehead atoms. The fourth-order valence-corrected chi connectivity index (χ4v) is 3.26. The van der Waals surface area contributed by atoms with Crippen LogP contribution in [0.1, 0.15) is 31.1 Å². The number of rotatable bonds is 3. The van der Waals surface area contributed by atoms with E-state index in [9.17, 15) is 0 Å². The molecule has 112 valence electrons. The van der Waals surface area contributed by atoms with Crippen LogP contribution in [0.3, 0.4) is 0 Å². The van der Waals surface area contributed by atoms with Crippen molar-refractivity contribution in [1.29, 1.82) is 0 Å². The summed E-state index contributed by atoms with van der Waals surface area (Å²) in [5.74, 6) is 2.28. The van der Waals surface area contributed by atoms with Crippen LogP contribution in [0.5, 0.6) is 0 Å². The molecule has 0 saturated carbocycles. The Labute approximate surface area is 120 Å². The zero-order chi connectivity index (χ0) is 14.1. The normalized spacial score (nSPS) is 28.9. The van der Waals surface area contributed by atoms with E-state index in [1.54, 1.807) is 0 Å². The summed E-state index contributed by atoms with van der Waals surface area (Å²) in [5.41, 5.74) is 0. The van der Waals surface area contributed by atoms with Crippen molar-refractivity contribution in [2.24, 2.45) is 5.92 Å². The summed E-state index contributed by atoms with van der Waals surface area (Å²) in [4.78, 5) is 8.76. The molecule has 2 fully saturated rings. The van der Waals surface area contributed by atoms with Gasteiger partial charge in [0.2, 0.25) is 5.89 Å². The van der Waals surface area contributed by atoms with E-state index in [2.05, 4.69) is 22.1 Å². The van der Waals surface area contributed by atoms with Gasteiger partial charge in [-0.3, -0.25) is 0 Å². The summed E-state index contributed by atoms with van der Waals surface area (Å²) < 4.78 is 11.5. The maximum Gasteiger partial charge on any atom is 0.265 e. The molecule has 0 N–H and O–H groups in total. The Morgan fingerprint density at radius 2 is 1.95 bits per heavy atom. The molecule has 0 amide bonds. The van der Waals surface area contributed by atoms with E-state index in [-0.39, 0.29) is 12.0 Å². The van der Waals surface area contributed by atoms with Crippen molar-refractivity contribution in [3.8, 4) is 0 Å². The van der Waals surface area contributed by atoms with E-state index < -0.39 is 0 Å². The maximum atomic E-state index is 6.00. The fraction of sp³-hybridized carbons (Fsp3) is 0.857. The lowest BCUT2D eigenvalue weighted by Gasteiger charge is -2.33. The molecule has 20 heavy (non-hydrogen) atoms. The van der Waals surface area contributed by atoms with E-state index in [0.29, 0.717) is 11.9 Å². The number of likely N-dealkylation sites (tertiary alicyclic amines) is 1. The molecule has 0 aromatic carbocycles. The van der Waals surface area contributed by atoms with Gasteiger partial charge in [0, 0.05) is 20.7 Å². The van der Waals surface area contributed by atoms with Gasteiger partial charge in [0.05, 0.1) is 12.0 Å². The van der Waals surface area contributed by atoms with Crippen LogP contribution in [0.4, 0.5) is 5.95 Å². The van der Waals surface area contributed by atoms with E-state index in [4.69, 9.17) is 9.26 Å². The first-order chi connectivity index (χ1) is 9.65. The first kappa shape index (κ1) is 13.8. The van der Waals surface area contributed by atoms with Gasteiger partial charge in [-0.15, -0.1) is 0 Å². The highest BCUT2D eigenvalue weighted by Crippen LogP contribution is 2.38. The molecule has 3 rings (SSSR count). The van der Waals surface area contributed by atoms with Gasteiger partial charge in [-0.05, 0) is 50.5 Å². The number of nitrogens with zero attached hydrogens (tertiary/aromatic N) is 4. The summed E-state index contributed by atoms with van der Waals surface area (Å²) in [6.45, 7) is 3.12. The molecular weight excluding hydrogens is 256 g/mol. The standard InChI is InChI=1S/C14H24N4O2/c1-17(2)14-15-13(20-16-14)11-6-9-19-12(11)10-4-7-18(3)8-5-10/h10-12H,4-9H2,1-3H3/t11-,12+/m0/s1. The highest BCUT2D eigenvalue weighted by Gasteiger charge is 2.40. The maximum absolute atomic E-state index is 6.00. The quantitative estimate of drug-likeness (QED) is 0.833. The van der Waals surface area contributed by atoms with Crippen LogP contribution in [0.25, 0.3) is 0 Å². The summed E-state index contributed by atoms with van der Waals surface area (Å²) in [6, 6.07) is 0. The number of ether oxygens (including phenoxy) is 1. The Morgan fingerprint density at radius 3 is 2.60 bits per heavy atom. The third-order valence-electron chi connectivity index (χ3n) is 4.51. The molecule has 0 spiro atoms. The monoisotopic (exact) mass is 280 g/mol. The Bertz CT molecular complexity index is 440. The summed E-state index contributed by atoms with van der Waals surface area (Å²) >= 11 is 0. The van der Waals surface area contributed by atoms with Gasteiger partial charge >= 0.3 is 0 Å². The molecule has 0 radical (unpaired) electrons. The zero-order valence-corrected chi connectivity index (χ0v) is 12.6. The predicted molar refractivity (Wildman–Crippen MR) is 75.9 cm³/mol. The third kappa shape index (κ3) is 2.67. The van der Waals surface area contributed by atoms with E-state index >= 15 is 0 Å². The lowest BCUT2D eigenvalue weighted by atomic mass is 9.84. The molecule has 0 unspecified atom stereocenters. The van der Waals surface area contributed by atoms with E-state index in [0.717, 1.165) is 32.0 Å². The molecule has 2 saturated heterocycles. The second-order valence-electron chi connectivity index (χ2n) is 6.20. The number of hydrogen-bond donors (Lipinski definition) is 0. The SMILES string of the molecule is CN1CCC([C@H]2OCC[C@@H]2c2nc(N(C)C)no2)CC1. The molecule has 6 heteroatoms. The van der Waals surface area contributed by atoms with Gasteiger partial charge in [-0.1, -0.05) is 0 Å². The lowest BCUT2D eigenvalue weighted by molar-refractivity contribution is 0.0248. The average molecular weight is 280 g/mol. The van der Waals surface area contributed by atoms with Gasteiger partial charge in [-0.25, -0.2) is 0 Å². The summed E-state index contributed by atoms with van der Waals surface area (Å²) in [6.07, 6.45) is 3.64. The molecule has 6 nitrogen and oxygen atoms in total. The Morgan fingerprint density at radius 1 is 1.20 bits per heavy atom. The van der Waals surface area contributed by atoms with Gasteiger partial charge in [0.15, 0.2) is 0 Å². The Kier molecular flexibility index (Phi) is 3.94. The number of hydrogen-bond acceptors (Lipinski definition) is 6. The van der Waals surface area contributed by atoms with Gasteiger partial charge < -0.3 is 19.1 Å². The molecular formula is C14H24N4O2. The molecule has 1 aromatic rings. The van der Waals surface area contributed by atoms with E-state index in [1.807, 2.05) is 19.0 Å². The van der Waals surface area contributed by atoms with Crippen molar-refractivity contribution in [2.75, 3.05) is 45.7 Å². The van der Waals surface area contributed by atoms with Crippen LogP contribution in [-0.4, -0.2) is 62.0 Å². The van der Waals surface area contributed by atoms with Crippen molar-refractivity contribution in [3.63, 3.8) is 0 Å². The van der Waals surface area contributed by atoms with Crippen molar-refractivity contribution < 1.29 is 9.26 Å². The molecule has 0 aliphatic carbocycles. The smallest absolute Gasteiger partial charge is 0.265 e. The second kappa shape index (κ2) is 5.69. The molecule has 1 aromatic heterocycles. The van der Waals surface area contributed by atoms with Crippen molar-refractivity contribution in [2.45, 2.75) is 31.3 Å². The molecule has 2 aliphatic heterocycles. The van der Waals surface area contributed by atoms with Crippen molar-refractivity contribution in [1.82, 2.24) is 15.0 Å². The topological polar surface area (TPSA) is 54.6 Å². The minimum absolute atomic E-state index is 0.249. The number of piperidine rings is 1.